The number of benzene rings is 1. The highest BCUT2D eigenvalue weighted by molar-refractivity contribution is 6.40. The highest BCUT2D eigenvalue weighted by atomic mass is 35.5. The molecule has 6 heteroatoms. The summed E-state index contributed by atoms with van der Waals surface area (Å²) in [6.07, 6.45) is -0.887. The Labute approximate surface area is 114 Å². The SMILES string of the molecule is Cn1c([C@@H](O)c2ccc(Cl)cc2)nc(Cl)c1Cl. The average molecular weight is 292 g/mol. The fraction of sp³-hybridized carbons (Fsp3) is 0.182. The van der Waals surface area contributed by atoms with Crippen molar-refractivity contribution in [2.45, 2.75) is 6.10 Å². The highest BCUT2D eigenvalue weighted by Gasteiger charge is 2.19. The number of aliphatic hydroxyl groups excluding tert-OH is 1. The van der Waals surface area contributed by atoms with Gasteiger partial charge in [0.15, 0.2) is 5.15 Å². The molecule has 0 spiro atoms. The van der Waals surface area contributed by atoms with Gasteiger partial charge < -0.3 is 9.67 Å². The molecule has 0 unspecified atom stereocenters. The number of imidazole rings is 1. The molecule has 1 atom stereocenters. The number of aliphatic hydroxyl groups is 1. The summed E-state index contributed by atoms with van der Waals surface area (Å²) in [5, 5.41) is 11.2. The number of hydrogen-bond acceptors (Lipinski definition) is 2. The third-order valence-corrected chi connectivity index (χ3v) is 3.50. The normalized spacial score (nSPS) is 12.8. The predicted octanol–water partition coefficient (Wildman–Crippen LogP) is 3.46. The Hall–Kier alpha value is -0.740. The summed E-state index contributed by atoms with van der Waals surface area (Å²) in [5.41, 5.74) is 0.677. The molecule has 1 aromatic carbocycles. The van der Waals surface area contributed by atoms with Gasteiger partial charge in [-0.1, -0.05) is 46.9 Å². The highest BCUT2D eigenvalue weighted by Crippen LogP contribution is 2.28. The predicted molar refractivity (Wildman–Crippen MR) is 68.7 cm³/mol. The first-order chi connectivity index (χ1) is 8.00. The van der Waals surface area contributed by atoms with Crippen molar-refractivity contribution in [1.82, 2.24) is 9.55 Å². The molecule has 0 amide bonds. The molecule has 0 radical (unpaired) electrons. The average Bonchev–Trinajstić information content (AvgIpc) is 2.57. The molecule has 0 saturated heterocycles. The Morgan fingerprint density at radius 1 is 1.18 bits per heavy atom. The van der Waals surface area contributed by atoms with Gasteiger partial charge in [-0.05, 0) is 17.7 Å². The third-order valence-electron chi connectivity index (χ3n) is 2.45. The Kier molecular flexibility index (Phi) is 3.64. The fourth-order valence-corrected chi connectivity index (χ4v) is 1.97. The maximum Gasteiger partial charge on any atom is 0.166 e. The standard InChI is InChI=1S/C11H9Cl3N2O/c1-16-10(14)9(13)15-11(16)8(17)6-2-4-7(12)5-3-6/h2-5,8,17H,1H3/t8-/m0/s1. The van der Waals surface area contributed by atoms with Gasteiger partial charge in [0, 0.05) is 12.1 Å². The lowest BCUT2D eigenvalue weighted by Gasteiger charge is -2.10. The van der Waals surface area contributed by atoms with Gasteiger partial charge >= 0.3 is 0 Å². The number of nitrogens with zero attached hydrogens (tertiary/aromatic N) is 2. The van der Waals surface area contributed by atoms with Crippen LogP contribution in [-0.4, -0.2) is 14.7 Å². The zero-order chi connectivity index (χ0) is 12.6. The second kappa shape index (κ2) is 4.86. The van der Waals surface area contributed by atoms with Crippen LogP contribution >= 0.6 is 34.8 Å². The summed E-state index contributed by atoms with van der Waals surface area (Å²) in [6.45, 7) is 0. The van der Waals surface area contributed by atoms with E-state index in [0.29, 0.717) is 21.6 Å². The molecular formula is C11H9Cl3N2O. The fourth-order valence-electron chi connectivity index (χ4n) is 1.50. The Bertz CT molecular complexity index is 536. The summed E-state index contributed by atoms with van der Waals surface area (Å²) in [6, 6.07) is 6.85. The number of halogens is 3. The molecule has 0 aliphatic carbocycles. The van der Waals surface area contributed by atoms with E-state index in [9.17, 15) is 5.11 Å². The van der Waals surface area contributed by atoms with Crippen LogP contribution in [-0.2, 0) is 7.05 Å². The summed E-state index contributed by atoms with van der Waals surface area (Å²) in [4.78, 5) is 4.02. The maximum atomic E-state index is 10.2. The summed E-state index contributed by atoms with van der Waals surface area (Å²) in [7, 11) is 1.69. The van der Waals surface area contributed by atoms with Crippen molar-refractivity contribution in [3.05, 3.63) is 51.0 Å². The lowest BCUT2D eigenvalue weighted by molar-refractivity contribution is 0.206. The summed E-state index contributed by atoms with van der Waals surface area (Å²) < 4.78 is 1.54. The molecule has 0 saturated carbocycles. The van der Waals surface area contributed by atoms with E-state index in [1.54, 1.807) is 35.9 Å². The van der Waals surface area contributed by atoms with Gasteiger partial charge in [0.25, 0.3) is 0 Å². The first kappa shape index (κ1) is 12.7. The van der Waals surface area contributed by atoms with Crippen LogP contribution in [0, 0.1) is 0 Å². The zero-order valence-electron chi connectivity index (χ0n) is 8.86. The van der Waals surface area contributed by atoms with Crippen LogP contribution < -0.4 is 0 Å². The lowest BCUT2D eigenvalue weighted by atomic mass is 10.1. The van der Waals surface area contributed by atoms with Crippen LogP contribution in [0.2, 0.25) is 15.3 Å². The Balaban J connectivity index is 2.40. The molecular weight excluding hydrogens is 282 g/mol. The first-order valence-electron chi connectivity index (χ1n) is 4.82. The molecule has 1 aromatic heterocycles. The van der Waals surface area contributed by atoms with Crippen molar-refractivity contribution >= 4 is 34.8 Å². The van der Waals surface area contributed by atoms with Crippen molar-refractivity contribution in [3.8, 4) is 0 Å². The molecule has 0 fully saturated rings. The molecule has 0 aliphatic heterocycles. The van der Waals surface area contributed by atoms with Gasteiger partial charge in [-0.15, -0.1) is 0 Å². The minimum absolute atomic E-state index is 0.178. The topological polar surface area (TPSA) is 38.0 Å². The molecule has 3 nitrogen and oxygen atoms in total. The largest absolute Gasteiger partial charge is 0.380 e. The van der Waals surface area contributed by atoms with Gasteiger partial charge in [0.05, 0.1) is 0 Å². The van der Waals surface area contributed by atoms with Gasteiger partial charge in [-0.3, -0.25) is 0 Å². The number of aromatic nitrogens is 2. The maximum absolute atomic E-state index is 10.2. The van der Waals surface area contributed by atoms with E-state index in [2.05, 4.69) is 4.98 Å². The van der Waals surface area contributed by atoms with Crippen LogP contribution in [0.5, 0.6) is 0 Å². The van der Waals surface area contributed by atoms with Gasteiger partial charge in [0.2, 0.25) is 0 Å². The molecule has 0 aliphatic rings. The van der Waals surface area contributed by atoms with Crippen molar-refractivity contribution in [1.29, 1.82) is 0 Å². The molecule has 1 N–H and O–H groups in total. The van der Waals surface area contributed by atoms with Gasteiger partial charge in [-0.2, -0.15) is 0 Å². The van der Waals surface area contributed by atoms with Crippen LogP contribution in [0.4, 0.5) is 0 Å². The molecule has 1 heterocycles. The van der Waals surface area contributed by atoms with E-state index in [1.165, 1.54) is 0 Å². The minimum Gasteiger partial charge on any atom is -0.380 e. The molecule has 2 rings (SSSR count). The van der Waals surface area contributed by atoms with Gasteiger partial charge in [0.1, 0.15) is 17.1 Å². The monoisotopic (exact) mass is 290 g/mol. The van der Waals surface area contributed by atoms with E-state index in [4.69, 9.17) is 34.8 Å². The van der Waals surface area contributed by atoms with Crippen molar-refractivity contribution in [2.75, 3.05) is 0 Å². The minimum atomic E-state index is -0.887. The van der Waals surface area contributed by atoms with Crippen molar-refractivity contribution < 1.29 is 5.11 Å². The summed E-state index contributed by atoms with van der Waals surface area (Å²) >= 11 is 17.5. The zero-order valence-corrected chi connectivity index (χ0v) is 11.1. The lowest BCUT2D eigenvalue weighted by Crippen LogP contribution is -2.07. The van der Waals surface area contributed by atoms with Crippen LogP contribution in [0.1, 0.15) is 17.5 Å². The van der Waals surface area contributed by atoms with E-state index in [0.717, 1.165) is 0 Å². The smallest absolute Gasteiger partial charge is 0.166 e. The molecule has 2 aromatic rings. The molecule has 0 bridgehead atoms. The quantitative estimate of drug-likeness (QED) is 0.920. The van der Waals surface area contributed by atoms with Crippen LogP contribution in [0.3, 0.4) is 0 Å². The second-order valence-electron chi connectivity index (χ2n) is 3.56. The molecule has 90 valence electrons. The van der Waals surface area contributed by atoms with Crippen molar-refractivity contribution in [2.24, 2.45) is 7.05 Å². The van der Waals surface area contributed by atoms with Crippen molar-refractivity contribution in [3.63, 3.8) is 0 Å². The Morgan fingerprint density at radius 3 is 2.24 bits per heavy atom. The van der Waals surface area contributed by atoms with E-state index in [1.807, 2.05) is 0 Å². The van der Waals surface area contributed by atoms with Gasteiger partial charge in [-0.25, -0.2) is 4.98 Å². The second-order valence-corrected chi connectivity index (χ2v) is 4.72. The number of rotatable bonds is 2. The molecule has 17 heavy (non-hydrogen) atoms. The van der Waals surface area contributed by atoms with Crippen LogP contribution in [0.25, 0.3) is 0 Å². The van der Waals surface area contributed by atoms with Crippen LogP contribution in [0.15, 0.2) is 24.3 Å². The number of hydrogen-bond donors (Lipinski definition) is 1. The van der Waals surface area contributed by atoms with E-state index in [-0.39, 0.29) is 5.15 Å². The Morgan fingerprint density at radius 2 is 1.76 bits per heavy atom. The first-order valence-corrected chi connectivity index (χ1v) is 5.95. The van der Waals surface area contributed by atoms with E-state index >= 15 is 0 Å². The third kappa shape index (κ3) is 2.43. The summed E-state index contributed by atoms with van der Waals surface area (Å²) in [5.74, 6) is 0.391. The van der Waals surface area contributed by atoms with E-state index < -0.39 is 6.10 Å².